The quantitative estimate of drug-likeness (QED) is 0.380. The van der Waals surface area contributed by atoms with Crippen LogP contribution in [0.3, 0.4) is 0 Å². The van der Waals surface area contributed by atoms with Gasteiger partial charge in [-0.05, 0) is 52.5 Å². The number of hydrogen-bond acceptors (Lipinski definition) is 2. The summed E-state index contributed by atoms with van der Waals surface area (Å²) >= 11 is 0. The van der Waals surface area contributed by atoms with Crippen molar-refractivity contribution in [3.8, 4) is 0 Å². The van der Waals surface area contributed by atoms with Gasteiger partial charge < -0.3 is 4.79 Å². The molecule has 0 aliphatic carbocycles. The molecule has 0 amide bonds. The summed E-state index contributed by atoms with van der Waals surface area (Å²) in [6.45, 7) is 10.2. The van der Waals surface area contributed by atoms with Gasteiger partial charge in [0, 0.05) is 5.92 Å². The summed E-state index contributed by atoms with van der Waals surface area (Å²) in [7, 11) is 0. The molecule has 0 aliphatic rings. The second kappa shape index (κ2) is 13.9. The molecule has 0 saturated heterocycles. The van der Waals surface area contributed by atoms with Gasteiger partial charge in [-0.2, -0.15) is 0 Å². The van der Waals surface area contributed by atoms with E-state index >= 15 is 0 Å². The van der Waals surface area contributed by atoms with E-state index < -0.39 is 0 Å². The van der Waals surface area contributed by atoms with Crippen LogP contribution in [0.4, 0.5) is 0 Å². The van der Waals surface area contributed by atoms with Crippen molar-refractivity contribution < 1.29 is 9.59 Å². The zero-order chi connectivity index (χ0) is 14.4. The minimum Gasteiger partial charge on any atom is -0.303 e. The summed E-state index contributed by atoms with van der Waals surface area (Å²) in [6, 6.07) is 0. The van der Waals surface area contributed by atoms with Crippen molar-refractivity contribution in [3.05, 3.63) is 23.3 Å². The minimum absolute atomic E-state index is 0.306. The van der Waals surface area contributed by atoms with Gasteiger partial charge in [-0.15, -0.1) is 0 Å². The van der Waals surface area contributed by atoms with Crippen LogP contribution in [0.2, 0.25) is 0 Å². The molecule has 0 aromatic carbocycles. The van der Waals surface area contributed by atoms with E-state index in [0.29, 0.717) is 5.92 Å². The third-order valence-corrected chi connectivity index (χ3v) is 2.69. The minimum atomic E-state index is 0.306. The zero-order valence-corrected chi connectivity index (χ0v) is 12.5. The summed E-state index contributed by atoms with van der Waals surface area (Å²) in [5, 5.41) is 0. The Morgan fingerprint density at radius 1 is 1.06 bits per heavy atom. The average molecular weight is 252 g/mol. The predicted molar refractivity (Wildman–Crippen MR) is 78.6 cm³/mol. The van der Waals surface area contributed by atoms with E-state index in [9.17, 15) is 9.59 Å². The highest BCUT2D eigenvalue weighted by atomic mass is 16.1. The number of rotatable bonds is 7. The summed E-state index contributed by atoms with van der Waals surface area (Å²) in [5.74, 6) is 0.306. The van der Waals surface area contributed by atoms with E-state index in [4.69, 9.17) is 0 Å². The second-order valence-electron chi connectivity index (χ2n) is 4.68. The molecule has 0 heterocycles. The van der Waals surface area contributed by atoms with Crippen molar-refractivity contribution in [1.82, 2.24) is 0 Å². The number of carbonyl (C=O) groups excluding carboxylic acids is 2. The van der Waals surface area contributed by atoms with Gasteiger partial charge in [-0.1, -0.05) is 31.1 Å². The maximum atomic E-state index is 10.0. The molecule has 0 N–H and O–H groups in total. The van der Waals surface area contributed by atoms with Gasteiger partial charge >= 0.3 is 0 Å². The molecule has 104 valence electrons. The molecule has 2 heteroatoms. The Morgan fingerprint density at radius 3 is 1.89 bits per heavy atom. The largest absolute Gasteiger partial charge is 0.303 e. The first-order chi connectivity index (χ1) is 8.51. The van der Waals surface area contributed by atoms with E-state index in [2.05, 4.69) is 19.9 Å². The molecule has 0 bridgehead atoms. The lowest BCUT2D eigenvalue weighted by molar-refractivity contribution is -0.111. The fourth-order valence-electron chi connectivity index (χ4n) is 1.27. The van der Waals surface area contributed by atoms with Crippen molar-refractivity contribution in [2.75, 3.05) is 0 Å². The monoisotopic (exact) mass is 252 g/mol. The maximum absolute atomic E-state index is 10.0. The fraction of sp³-hybridized carbons (Fsp3) is 0.625. The Bertz CT molecular complexity index is 267. The summed E-state index contributed by atoms with van der Waals surface area (Å²) in [4.78, 5) is 20.0. The fourth-order valence-corrected chi connectivity index (χ4v) is 1.27. The maximum Gasteiger partial charge on any atom is 0.142 e. The smallest absolute Gasteiger partial charge is 0.142 e. The van der Waals surface area contributed by atoms with Gasteiger partial charge in [-0.3, -0.25) is 4.79 Å². The molecule has 0 saturated carbocycles. The highest BCUT2D eigenvalue weighted by Crippen LogP contribution is 2.05. The van der Waals surface area contributed by atoms with Crippen molar-refractivity contribution >= 4 is 12.6 Å². The van der Waals surface area contributed by atoms with Crippen LogP contribution in [0, 0.1) is 5.92 Å². The highest BCUT2D eigenvalue weighted by Gasteiger charge is 1.96. The molecular formula is C16H28O2. The van der Waals surface area contributed by atoms with Crippen LogP contribution in [0.15, 0.2) is 23.3 Å². The number of allylic oxidation sites excluding steroid dienone is 4. The highest BCUT2D eigenvalue weighted by molar-refractivity contribution is 5.65. The first-order valence-corrected chi connectivity index (χ1v) is 6.71. The Labute approximate surface area is 112 Å². The van der Waals surface area contributed by atoms with Crippen LogP contribution >= 0.6 is 0 Å². The predicted octanol–water partition coefficient (Wildman–Crippen LogP) is 4.50. The number of aldehydes is 2. The molecular weight excluding hydrogens is 224 g/mol. The SMILES string of the molecule is CC(C)=CCCC(C)=CC=O.CCC(C=O)CC. The van der Waals surface area contributed by atoms with Crippen LogP contribution in [-0.4, -0.2) is 12.6 Å². The van der Waals surface area contributed by atoms with Crippen LogP contribution in [-0.2, 0) is 9.59 Å². The first kappa shape index (κ1) is 19.2. The third kappa shape index (κ3) is 14.8. The molecule has 0 atom stereocenters. The van der Waals surface area contributed by atoms with Gasteiger partial charge in [0.15, 0.2) is 0 Å². The Balaban J connectivity index is 0. The van der Waals surface area contributed by atoms with Crippen LogP contribution < -0.4 is 0 Å². The van der Waals surface area contributed by atoms with Crippen LogP contribution in [0.1, 0.15) is 60.3 Å². The van der Waals surface area contributed by atoms with E-state index in [0.717, 1.165) is 43.8 Å². The average Bonchev–Trinajstić information content (AvgIpc) is 2.32. The lowest BCUT2D eigenvalue weighted by atomic mass is 10.1. The Morgan fingerprint density at radius 2 is 1.61 bits per heavy atom. The van der Waals surface area contributed by atoms with Crippen molar-refractivity contribution in [3.63, 3.8) is 0 Å². The Kier molecular flexibility index (Phi) is 14.8. The third-order valence-electron chi connectivity index (χ3n) is 2.69. The molecule has 0 aromatic heterocycles. The van der Waals surface area contributed by atoms with E-state index in [1.54, 1.807) is 6.08 Å². The lowest BCUT2D eigenvalue weighted by Crippen LogP contribution is -1.95. The summed E-state index contributed by atoms with van der Waals surface area (Å²) in [6.07, 6.45) is 9.68. The van der Waals surface area contributed by atoms with Gasteiger partial charge in [0.2, 0.25) is 0 Å². The van der Waals surface area contributed by atoms with E-state index in [1.165, 1.54) is 5.57 Å². The summed E-state index contributed by atoms with van der Waals surface area (Å²) < 4.78 is 0. The van der Waals surface area contributed by atoms with Gasteiger partial charge in [-0.25, -0.2) is 0 Å². The van der Waals surface area contributed by atoms with Crippen molar-refractivity contribution in [1.29, 1.82) is 0 Å². The van der Waals surface area contributed by atoms with Gasteiger partial charge in [0.05, 0.1) is 0 Å². The van der Waals surface area contributed by atoms with Crippen LogP contribution in [0.25, 0.3) is 0 Å². The molecule has 0 aliphatic heterocycles. The molecule has 0 aromatic rings. The van der Waals surface area contributed by atoms with E-state index in [-0.39, 0.29) is 0 Å². The number of hydrogen-bond donors (Lipinski definition) is 0. The summed E-state index contributed by atoms with van der Waals surface area (Å²) in [5.41, 5.74) is 2.49. The molecule has 18 heavy (non-hydrogen) atoms. The van der Waals surface area contributed by atoms with Crippen molar-refractivity contribution in [2.45, 2.75) is 60.3 Å². The molecule has 0 rings (SSSR count). The first-order valence-electron chi connectivity index (χ1n) is 6.71. The topological polar surface area (TPSA) is 34.1 Å². The number of carbonyl (C=O) groups is 2. The van der Waals surface area contributed by atoms with Crippen LogP contribution in [0.5, 0.6) is 0 Å². The lowest BCUT2D eigenvalue weighted by Gasteiger charge is -1.97. The normalized spacial score (nSPS) is 10.4. The van der Waals surface area contributed by atoms with E-state index in [1.807, 2.05) is 20.8 Å². The zero-order valence-electron chi connectivity index (χ0n) is 12.5. The van der Waals surface area contributed by atoms with Gasteiger partial charge in [0.25, 0.3) is 0 Å². The molecule has 0 radical (unpaired) electrons. The Hall–Kier alpha value is -1.18. The molecule has 0 unspecified atom stereocenters. The van der Waals surface area contributed by atoms with Crippen molar-refractivity contribution in [2.24, 2.45) is 5.92 Å². The molecule has 2 nitrogen and oxygen atoms in total. The van der Waals surface area contributed by atoms with Gasteiger partial charge in [0.1, 0.15) is 12.6 Å². The second-order valence-corrected chi connectivity index (χ2v) is 4.68. The molecule has 0 fully saturated rings. The standard InChI is InChI=1S/C10H16O.C6H12O/c1-9(2)5-4-6-10(3)7-8-11;1-3-6(4-2)5-7/h5,7-8H,4,6H2,1-3H3;5-6H,3-4H2,1-2H3. The molecule has 0 spiro atoms.